The number of benzene rings is 2. The standard InChI is InChI=1S/C22H30O4/c1-5-18(3)19-7-9-20(10-8-19)25-14-12-24-13-15-26-21-11-6-17(2)16-22(21)23-4/h6-11,16,18H,5,12-15H2,1-4H3. The molecular weight excluding hydrogens is 328 g/mol. The molecule has 1 atom stereocenters. The maximum Gasteiger partial charge on any atom is 0.161 e. The Balaban J connectivity index is 1.61. The molecule has 4 heteroatoms. The smallest absolute Gasteiger partial charge is 0.161 e. The summed E-state index contributed by atoms with van der Waals surface area (Å²) in [5.41, 5.74) is 2.49. The van der Waals surface area contributed by atoms with E-state index >= 15 is 0 Å². The summed E-state index contributed by atoms with van der Waals surface area (Å²) in [6.45, 7) is 8.49. The van der Waals surface area contributed by atoms with E-state index in [-0.39, 0.29) is 0 Å². The quantitative estimate of drug-likeness (QED) is 0.530. The Hall–Kier alpha value is -2.20. The van der Waals surface area contributed by atoms with Crippen LogP contribution < -0.4 is 14.2 Å². The average molecular weight is 358 g/mol. The SMILES string of the molecule is CCC(C)c1ccc(OCCOCCOc2ccc(C)cc2OC)cc1. The molecule has 0 aliphatic heterocycles. The monoisotopic (exact) mass is 358 g/mol. The van der Waals surface area contributed by atoms with Gasteiger partial charge in [0.2, 0.25) is 0 Å². The van der Waals surface area contributed by atoms with E-state index in [1.165, 1.54) is 5.56 Å². The molecule has 26 heavy (non-hydrogen) atoms. The van der Waals surface area contributed by atoms with Crippen molar-refractivity contribution in [3.8, 4) is 17.2 Å². The molecule has 2 aromatic carbocycles. The normalized spacial score (nSPS) is 11.8. The Bertz CT molecular complexity index is 652. The lowest BCUT2D eigenvalue weighted by atomic mass is 9.99. The van der Waals surface area contributed by atoms with Gasteiger partial charge in [-0.25, -0.2) is 0 Å². The van der Waals surface area contributed by atoms with Crippen molar-refractivity contribution >= 4 is 0 Å². The molecule has 0 aliphatic rings. The maximum absolute atomic E-state index is 5.70. The van der Waals surface area contributed by atoms with Crippen molar-refractivity contribution < 1.29 is 18.9 Å². The van der Waals surface area contributed by atoms with Crippen LogP contribution in [-0.4, -0.2) is 33.5 Å². The van der Waals surface area contributed by atoms with Crippen molar-refractivity contribution in [2.24, 2.45) is 0 Å². The third-order valence-corrected chi connectivity index (χ3v) is 4.36. The molecule has 0 radical (unpaired) electrons. The summed E-state index contributed by atoms with van der Waals surface area (Å²) in [4.78, 5) is 0. The van der Waals surface area contributed by atoms with Crippen LogP contribution in [0, 0.1) is 6.92 Å². The number of aryl methyl sites for hydroxylation is 1. The summed E-state index contributed by atoms with van der Waals surface area (Å²) < 4.78 is 22.3. The van der Waals surface area contributed by atoms with E-state index in [4.69, 9.17) is 18.9 Å². The van der Waals surface area contributed by atoms with E-state index < -0.39 is 0 Å². The summed E-state index contributed by atoms with van der Waals surface area (Å²) in [6.07, 6.45) is 1.14. The topological polar surface area (TPSA) is 36.9 Å². The molecule has 0 saturated carbocycles. The van der Waals surface area contributed by atoms with Gasteiger partial charge in [-0.15, -0.1) is 0 Å². The summed E-state index contributed by atoms with van der Waals surface area (Å²) >= 11 is 0. The minimum Gasteiger partial charge on any atom is -0.493 e. The lowest BCUT2D eigenvalue weighted by molar-refractivity contribution is 0.0757. The molecule has 0 heterocycles. The molecule has 1 unspecified atom stereocenters. The first-order valence-electron chi connectivity index (χ1n) is 9.22. The first kappa shape index (κ1) is 20.1. The van der Waals surface area contributed by atoms with E-state index in [0.29, 0.717) is 32.3 Å². The van der Waals surface area contributed by atoms with E-state index in [9.17, 15) is 0 Å². The predicted molar refractivity (Wildman–Crippen MR) is 105 cm³/mol. The van der Waals surface area contributed by atoms with Gasteiger partial charge in [-0.2, -0.15) is 0 Å². The number of rotatable bonds is 11. The number of methoxy groups -OCH3 is 1. The van der Waals surface area contributed by atoms with E-state index in [2.05, 4.69) is 26.0 Å². The third kappa shape index (κ3) is 6.26. The Kier molecular flexibility index (Phi) is 8.29. The van der Waals surface area contributed by atoms with Gasteiger partial charge in [0, 0.05) is 0 Å². The summed E-state index contributed by atoms with van der Waals surface area (Å²) in [5.74, 6) is 2.94. The first-order valence-corrected chi connectivity index (χ1v) is 9.22. The van der Waals surface area contributed by atoms with Crippen molar-refractivity contribution in [2.75, 3.05) is 33.5 Å². The lowest BCUT2D eigenvalue weighted by Crippen LogP contribution is -2.12. The second-order valence-corrected chi connectivity index (χ2v) is 6.34. The van der Waals surface area contributed by atoms with Crippen LogP contribution >= 0.6 is 0 Å². The van der Waals surface area contributed by atoms with Gasteiger partial charge in [0.05, 0.1) is 20.3 Å². The molecule has 2 aromatic rings. The molecule has 142 valence electrons. The zero-order valence-electron chi connectivity index (χ0n) is 16.3. The summed E-state index contributed by atoms with van der Waals surface area (Å²) in [5, 5.41) is 0. The van der Waals surface area contributed by atoms with E-state index in [0.717, 1.165) is 29.2 Å². The fraction of sp³-hybridized carbons (Fsp3) is 0.455. The number of hydrogen-bond acceptors (Lipinski definition) is 4. The van der Waals surface area contributed by atoms with Gasteiger partial charge in [-0.1, -0.05) is 32.0 Å². The van der Waals surface area contributed by atoms with Crippen LogP contribution in [0.5, 0.6) is 17.2 Å². The van der Waals surface area contributed by atoms with E-state index in [1.807, 2.05) is 37.3 Å². The molecule has 0 aromatic heterocycles. The van der Waals surface area contributed by atoms with Crippen LogP contribution in [0.4, 0.5) is 0 Å². The zero-order chi connectivity index (χ0) is 18.8. The second-order valence-electron chi connectivity index (χ2n) is 6.34. The number of hydrogen-bond donors (Lipinski definition) is 0. The molecule has 0 fully saturated rings. The van der Waals surface area contributed by atoms with Crippen molar-refractivity contribution in [3.63, 3.8) is 0 Å². The van der Waals surface area contributed by atoms with Crippen molar-refractivity contribution in [1.29, 1.82) is 0 Å². The average Bonchev–Trinajstić information content (AvgIpc) is 2.67. The van der Waals surface area contributed by atoms with Crippen molar-refractivity contribution in [3.05, 3.63) is 53.6 Å². The van der Waals surface area contributed by atoms with Crippen LogP contribution in [0.25, 0.3) is 0 Å². The Morgan fingerprint density at radius 3 is 2.19 bits per heavy atom. The van der Waals surface area contributed by atoms with Gasteiger partial charge in [0.25, 0.3) is 0 Å². The molecule has 0 N–H and O–H groups in total. The Morgan fingerprint density at radius 2 is 1.54 bits per heavy atom. The predicted octanol–water partition coefficient (Wildman–Crippen LogP) is 4.99. The minimum atomic E-state index is 0.475. The highest BCUT2D eigenvalue weighted by atomic mass is 16.6. The fourth-order valence-corrected chi connectivity index (χ4v) is 2.55. The van der Waals surface area contributed by atoms with Crippen LogP contribution in [-0.2, 0) is 4.74 Å². The molecule has 4 nitrogen and oxygen atoms in total. The van der Waals surface area contributed by atoms with Crippen molar-refractivity contribution in [1.82, 2.24) is 0 Å². The molecular formula is C22H30O4. The van der Waals surface area contributed by atoms with Gasteiger partial charge in [0.15, 0.2) is 11.5 Å². The van der Waals surface area contributed by atoms with Crippen LogP contribution in [0.2, 0.25) is 0 Å². The van der Waals surface area contributed by atoms with Crippen LogP contribution in [0.1, 0.15) is 37.3 Å². The summed E-state index contributed by atoms with van der Waals surface area (Å²) in [6, 6.07) is 14.2. The highest BCUT2D eigenvalue weighted by Gasteiger charge is 2.04. The van der Waals surface area contributed by atoms with Gasteiger partial charge in [0.1, 0.15) is 19.0 Å². The number of ether oxygens (including phenoxy) is 4. The Morgan fingerprint density at radius 1 is 0.846 bits per heavy atom. The van der Waals surface area contributed by atoms with Crippen LogP contribution in [0.15, 0.2) is 42.5 Å². The molecule has 2 rings (SSSR count). The highest BCUT2D eigenvalue weighted by molar-refractivity contribution is 5.42. The van der Waals surface area contributed by atoms with Crippen LogP contribution in [0.3, 0.4) is 0 Å². The molecule has 0 amide bonds. The molecule has 0 bridgehead atoms. The minimum absolute atomic E-state index is 0.475. The summed E-state index contributed by atoms with van der Waals surface area (Å²) in [7, 11) is 1.64. The largest absolute Gasteiger partial charge is 0.493 e. The lowest BCUT2D eigenvalue weighted by Gasteiger charge is -2.12. The zero-order valence-corrected chi connectivity index (χ0v) is 16.3. The highest BCUT2D eigenvalue weighted by Crippen LogP contribution is 2.27. The van der Waals surface area contributed by atoms with Gasteiger partial charge in [-0.05, 0) is 54.7 Å². The van der Waals surface area contributed by atoms with Gasteiger partial charge < -0.3 is 18.9 Å². The van der Waals surface area contributed by atoms with Gasteiger partial charge >= 0.3 is 0 Å². The second kappa shape index (κ2) is 10.7. The maximum atomic E-state index is 5.70. The third-order valence-electron chi connectivity index (χ3n) is 4.36. The molecule has 0 aliphatic carbocycles. The molecule has 0 spiro atoms. The van der Waals surface area contributed by atoms with Crippen molar-refractivity contribution in [2.45, 2.75) is 33.1 Å². The van der Waals surface area contributed by atoms with Gasteiger partial charge in [-0.3, -0.25) is 0 Å². The Labute approximate surface area is 157 Å². The fourth-order valence-electron chi connectivity index (χ4n) is 2.55. The molecule has 0 saturated heterocycles. The van der Waals surface area contributed by atoms with E-state index in [1.54, 1.807) is 7.11 Å². The first-order chi connectivity index (χ1) is 12.6.